The zero-order chi connectivity index (χ0) is 11.2. The third-order valence-corrected chi connectivity index (χ3v) is 3.25. The summed E-state index contributed by atoms with van der Waals surface area (Å²) in [5.74, 6) is 2.60. The molecule has 0 aliphatic carbocycles. The van der Waals surface area contributed by atoms with Gasteiger partial charge in [-0.25, -0.2) is 0 Å². The second-order valence-corrected chi connectivity index (χ2v) is 4.22. The Kier molecular flexibility index (Phi) is 5.83. The van der Waals surface area contributed by atoms with Gasteiger partial charge in [0.1, 0.15) is 0 Å². The van der Waals surface area contributed by atoms with Crippen LogP contribution in [0.15, 0.2) is 0 Å². The van der Waals surface area contributed by atoms with Crippen molar-refractivity contribution in [1.82, 2.24) is 4.90 Å². The molecule has 0 aromatic rings. The lowest BCUT2D eigenvalue weighted by Crippen LogP contribution is -2.50. The van der Waals surface area contributed by atoms with Crippen LogP contribution in [0.25, 0.3) is 0 Å². The molecule has 0 aliphatic heterocycles. The number of terminal acetylenes is 1. The van der Waals surface area contributed by atoms with Crippen molar-refractivity contribution in [3.63, 3.8) is 0 Å². The van der Waals surface area contributed by atoms with Crippen LogP contribution in [-0.4, -0.2) is 35.7 Å². The van der Waals surface area contributed by atoms with Crippen LogP contribution in [0.3, 0.4) is 0 Å². The molecule has 2 atom stereocenters. The number of hydrogen-bond donors (Lipinski definition) is 1. The molecular formula is C12H23NO. The van der Waals surface area contributed by atoms with E-state index in [0.717, 1.165) is 25.7 Å². The molecule has 14 heavy (non-hydrogen) atoms. The van der Waals surface area contributed by atoms with Gasteiger partial charge >= 0.3 is 0 Å². The maximum Gasteiger partial charge on any atom is 0.0721 e. The predicted molar refractivity (Wildman–Crippen MR) is 61.1 cm³/mol. The lowest BCUT2D eigenvalue weighted by molar-refractivity contribution is -0.00322. The molecule has 0 saturated heterocycles. The smallest absolute Gasteiger partial charge is 0.0721 e. The molecule has 0 rings (SSSR count). The number of aliphatic hydroxyl groups is 1. The molecular weight excluding hydrogens is 174 g/mol. The van der Waals surface area contributed by atoms with E-state index in [0.29, 0.717) is 0 Å². The fourth-order valence-electron chi connectivity index (χ4n) is 1.56. The third-order valence-electron chi connectivity index (χ3n) is 3.25. The monoisotopic (exact) mass is 197 g/mol. The van der Waals surface area contributed by atoms with Crippen molar-refractivity contribution in [2.75, 3.05) is 14.1 Å². The summed E-state index contributed by atoms with van der Waals surface area (Å²) in [7, 11) is 4.02. The van der Waals surface area contributed by atoms with Crippen molar-refractivity contribution in [3.05, 3.63) is 0 Å². The maximum absolute atomic E-state index is 10.1. The summed E-state index contributed by atoms with van der Waals surface area (Å²) in [4.78, 5) is 2.09. The zero-order valence-corrected chi connectivity index (χ0v) is 9.88. The van der Waals surface area contributed by atoms with E-state index >= 15 is 0 Å². The summed E-state index contributed by atoms with van der Waals surface area (Å²) in [6.45, 7) is 4.19. The molecule has 0 heterocycles. The largest absolute Gasteiger partial charge is 0.391 e. The average molecular weight is 197 g/mol. The fourth-order valence-corrected chi connectivity index (χ4v) is 1.56. The van der Waals surface area contributed by atoms with E-state index in [1.807, 2.05) is 14.1 Å². The Hall–Kier alpha value is -0.520. The molecule has 0 saturated carbocycles. The van der Waals surface area contributed by atoms with E-state index < -0.39 is 0 Å². The van der Waals surface area contributed by atoms with Crippen LogP contribution < -0.4 is 0 Å². The molecule has 0 aromatic heterocycles. The van der Waals surface area contributed by atoms with Crippen molar-refractivity contribution >= 4 is 0 Å². The fraction of sp³-hybridized carbons (Fsp3) is 0.833. The number of unbranched alkanes of at least 4 members (excludes halogenated alkanes) is 1. The Bertz CT molecular complexity index is 195. The van der Waals surface area contributed by atoms with Gasteiger partial charge in [-0.15, -0.1) is 12.3 Å². The number of likely N-dealkylation sites (N-methyl/N-ethyl adjacent to an activating group) is 1. The van der Waals surface area contributed by atoms with E-state index in [2.05, 4.69) is 24.7 Å². The minimum atomic E-state index is -0.296. The van der Waals surface area contributed by atoms with Crippen LogP contribution in [0.4, 0.5) is 0 Å². The molecule has 2 unspecified atom stereocenters. The van der Waals surface area contributed by atoms with Gasteiger partial charge in [-0.05, 0) is 40.3 Å². The Balaban J connectivity index is 4.18. The molecule has 2 heteroatoms. The molecule has 82 valence electrons. The standard InChI is InChI=1S/C12H23NO/c1-6-8-9-10-11(14)12(3,7-2)13(4)5/h1,11,14H,7-10H2,2-5H3. The molecule has 0 fully saturated rings. The molecule has 0 radical (unpaired) electrons. The Labute approximate surface area is 88.3 Å². The van der Waals surface area contributed by atoms with Gasteiger partial charge < -0.3 is 10.0 Å². The Morgan fingerprint density at radius 3 is 2.43 bits per heavy atom. The summed E-state index contributed by atoms with van der Waals surface area (Å²) < 4.78 is 0. The number of hydrogen-bond acceptors (Lipinski definition) is 2. The van der Waals surface area contributed by atoms with Gasteiger partial charge in [0, 0.05) is 12.0 Å². The van der Waals surface area contributed by atoms with Crippen molar-refractivity contribution in [3.8, 4) is 12.3 Å². The van der Waals surface area contributed by atoms with E-state index in [9.17, 15) is 5.11 Å². The molecule has 0 amide bonds. The Morgan fingerprint density at radius 2 is 2.07 bits per heavy atom. The number of rotatable bonds is 6. The number of aliphatic hydroxyl groups excluding tert-OH is 1. The minimum Gasteiger partial charge on any atom is -0.391 e. The first-order valence-corrected chi connectivity index (χ1v) is 5.28. The lowest BCUT2D eigenvalue weighted by Gasteiger charge is -2.40. The van der Waals surface area contributed by atoms with Gasteiger partial charge in [0.15, 0.2) is 0 Å². The molecule has 1 N–H and O–H groups in total. The quantitative estimate of drug-likeness (QED) is 0.519. The molecule has 2 nitrogen and oxygen atoms in total. The predicted octanol–water partition coefficient (Wildman–Crippen LogP) is 1.88. The molecule has 0 spiro atoms. The van der Waals surface area contributed by atoms with Crippen LogP contribution in [0.5, 0.6) is 0 Å². The summed E-state index contributed by atoms with van der Waals surface area (Å²) in [5.41, 5.74) is -0.130. The van der Waals surface area contributed by atoms with Crippen LogP contribution in [-0.2, 0) is 0 Å². The first-order chi connectivity index (χ1) is 6.49. The minimum absolute atomic E-state index is 0.130. The first-order valence-electron chi connectivity index (χ1n) is 5.28. The highest BCUT2D eigenvalue weighted by Crippen LogP contribution is 2.24. The van der Waals surface area contributed by atoms with E-state index in [1.165, 1.54) is 0 Å². The van der Waals surface area contributed by atoms with Gasteiger partial charge in [-0.3, -0.25) is 0 Å². The third kappa shape index (κ3) is 3.32. The molecule has 0 aromatic carbocycles. The molecule has 0 aliphatic rings. The number of nitrogens with zero attached hydrogens (tertiary/aromatic N) is 1. The Morgan fingerprint density at radius 1 is 1.50 bits per heavy atom. The average Bonchev–Trinajstić information content (AvgIpc) is 2.16. The summed E-state index contributed by atoms with van der Waals surface area (Å²) in [6.07, 6.45) is 8.26. The first kappa shape index (κ1) is 13.5. The highest BCUT2D eigenvalue weighted by Gasteiger charge is 2.32. The second-order valence-electron chi connectivity index (χ2n) is 4.22. The van der Waals surface area contributed by atoms with Crippen molar-refractivity contribution in [2.45, 2.75) is 51.2 Å². The SMILES string of the molecule is C#CCCCC(O)C(C)(CC)N(C)C. The van der Waals surface area contributed by atoms with Crippen LogP contribution in [0, 0.1) is 12.3 Å². The van der Waals surface area contributed by atoms with Crippen molar-refractivity contribution in [2.24, 2.45) is 0 Å². The maximum atomic E-state index is 10.1. The summed E-state index contributed by atoms with van der Waals surface area (Å²) >= 11 is 0. The summed E-state index contributed by atoms with van der Waals surface area (Å²) in [5, 5.41) is 10.1. The van der Waals surface area contributed by atoms with Crippen molar-refractivity contribution in [1.29, 1.82) is 0 Å². The van der Waals surface area contributed by atoms with E-state index in [-0.39, 0.29) is 11.6 Å². The topological polar surface area (TPSA) is 23.5 Å². The van der Waals surface area contributed by atoms with Gasteiger partial charge in [0.2, 0.25) is 0 Å². The van der Waals surface area contributed by atoms with Crippen LogP contribution >= 0.6 is 0 Å². The second kappa shape index (κ2) is 6.06. The highest BCUT2D eigenvalue weighted by atomic mass is 16.3. The van der Waals surface area contributed by atoms with Crippen molar-refractivity contribution < 1.29 is 5.11 Å². The van der Waals surface area contributed by atoms with E-state index in [1.54, 1.807) is 0 Å². The lowest BCUT2D eigenvalue weighted by atomic mass is 9.87. The van der Waals surface area contributed by atoms with Crippen LogP contribution in [0.1, 0.15) is 39.5 Å². The van der Waals surface area contributed by atoms with Gasteiger partial charge in [-0.2, -0.15) is 0 Å². The zero-order valence-electron chi connectivity index (χ0n) is 9.88. The van der Waals surface area contributed by atoms with Crippen LogP contribution in [0.2, 0.25) is 0 Å². The molecule has 0 bridgehead atoms. The van der Waals surface area contributed by atoms with Gasteiger partial charge in [-0.1, -0.05) is 6.92 Å². The normalized spacial score (nSPS) is 17.5. The highest BCUT2D eigenvalue weighted by molar-refractivity contribution is 4.90. The van der Waals surface area contributed by atoms with E-state index in [4.69, 9.17) is 6.42 Å². The summed E-state index contributed by atoms with van der Waals surface area (Å²) in [6, 6.07) is 0. The van der Waals surface area contributed by atoms with Gasteiger partial charge in [0.05, 0.1) is 6.10 Å². The van der Waals surface area contributed by atoms with Gasteiger partial charge in [0.25, 0.3) is 0 Å².